The van der Waals surface area contributed by atoms with Crippen molar-refractivity contribution in [1.29, 1.82) is 0 Å². The van der Waals surface area contributed by atoms with Crippen LogP contribution in [0, 0.1) is 6.92 Å². The van der Waals surface area contributed by atoms with Crippen molar-refractivity contribution in [3.8, 4) is 0 Å². The van der Waals surface area contributed by atoms with Crippen molar-refractivity contribution >= 4 is 17.3 Å². The van der Waals surface area contributed by atoms with Crippen LogP contribution >= 0.6 is 0 Å². The van der Waals surface area contributed by atoms with Crippen LogP contribution in [-0.2, 0) is 0 Å². The highest BCUT2D eigenvalue weighted by Crippen LogP contribution is 2.19. The van der Waals surface area contributed by atoms with Gasteiger partial charge < -0.3 is 10.3 Å². The van der Waals surface area contributed by atoms with Gasteiger partial charge in [-0.15, -0.1) is 0 Å². The molecular formula is C14H16N4O. The Hall–Kier alpha value is -2.40. The number of carbonyl (C=O) groups is 1. The molecule has 19 heavy (non-hydrogen) atoms. The average Bonchev–Trinajstić information content (AvgIpc) is 2.46. The number of pyridine rings is 1. The van der Waals surface area contributed by atoms with E-state index < -0.39 is 0 Å². The van der Waals surface area contributed by atoms with Gasteiger partial charge in [-0.2, -0.15) is 0 Å². The minimum Gasteiger partial charge on any atom is -0.324 e. The first-order valence-electron chi connectivity index (χ1n) is 5.89. The number of rotatable bonds is 3. The summed E-state index contributed by atoms with van der Waals surface area (Å²) in [5.41, 5.74) is 5.67. The molecule has 2 rings (SSSR count). The molecule has 5 heteroatoms. The van der Waals surface area contributed by atoms with Gasteiger partial charge in [0.2, 0.25) is 0 Å². The third kappa shape index (κ3) is 2.71. The summed E-state index contributed by atoms with van der Waals surface area (Å²) in [6, 6.07) is 8.98. The molecule has 0 saturated heterocycles. The van der Waals surface area contributed by atoms with Crippen LogP contribution in [0.3, 0.4) is 0 Å². The number of amides is 1. The van der Waals surface area contributed by atoms with Gasteiger partial charge in [0.1, 0.15) is 0 Å². The van der Waals surface area contributed by atoms with Gasteiger partial charge in [0.15, 0.2) is 0 Å². The lowest BCUT2D eigenvalue weighted by Gasteiger charge is -2.18. The van der Waals surface area contributed by atoms with E-state index in [4.69, 9.17) is 5.84 Å². The van der Waals surface area contributed by atoms with E-state index in [1.807, 2.05) is 13.0 Å². The van der Waals surface area contributed by atoms with Crippen molar-refractivity contribution in [1.82, 2.24) is 4.98 Å². The van der Waals surface area contributed by atoms with E-state index in [2.05, 4.69) is 10.4 Å². The van der Waals surface area contributed by atoms with Gasteiger partial charge in [0.25, 0.3) is 5.91 Å². The van der Waals surface area contributed by atoms with Crippen molar-refractivity contribution in [2.24, 2.45) is 5.84 Å². The fraction of sp³-hybridized carbons (Fsp3) is 0.143. The molecule has 3 N–H and O–H groups in total. The summed E-state index contributed by atoms with van der Waals surface area (Å²) < 4.78 is 0. The van der Waals surface area contributed by atoms with Crippen molar-refractivity contribution in [3.05, 3.63) is 53.9 Å². The zero-order valence-electron chi connectivity index (χ0n) is 10.9. The molecule has 1 aromatic heterocycles. The molecule has 0 bridgehead atoms. The predicted octanol–water partition coefficient (Wildman–Crippen LogP) is 1.95. The Morgan fingerprint density at radius 3 is 2.53 bits per heavy atom. The van der Waals surface area contributed by atoms with Crippen LogP contribution in [0.15, 0.2) is 42.7 Å². The highest BCUT2D eigenvalue weighted by Gasteiger charge is 2.15. The molecule has 0 radical (unpaired) electrons. The van der Waals surface area contributed by atoms with Crippen molar-refractivity contribution in [2.75, 3.05) is 17.4 Å². The lowest BCUT2D eigenvalue weighted by atomic mass is 10.1. The zero-order valence-corrected chi connectivity index (χ0v) is 10.9. The third-order valence-electron chi connectivity index (χ3n) is 2.98. The highest BCUT2D eigenvalue weighted by molar-refractivity contribution is 6.06. The second-order valence-corrected chi connectivity index (χ2v) is 4.24. The highest BCUT2D eigenvalue weighted by atomic mass is 16.2. The zero-order chi connectivity index (χ0) is 13.8. The summed E-state index contributed by atoms with van der Waals surface area (Å²) in [6.07, 6.45) is 3.32. The minimum absolute atomic E-state index is 0.0627. The first-order chi connectivity index (χ1) is 9.13. The number of aromatic nitrogens is 1. The molecule has 1 aromatic carbocycles. The van der Waals surface area contributed by atoms with E-state index in [9.17, 15) is 4.79 Å². The average molecular weight is 256 g/mol. The van der Waals surface area contributed by atoms with Crippen LogP contribution in [0.2, 0.25) is 0 Å². The number of hydrazine groups is 1. The molecule has 1 heterocycles. The molecule has 0 spiro atoms. The second-order valence-electron chi connectivity index (χ2n) is 4.24. The van der Waals surface area contributed by atoms with Crippen LogP contribution in [0.25, 0.3) is 0 Å². The largest absolute Gasteiger partial charge is 0.324 e. The predicted molar refractivity (Wildman–Crippen MR) is 76.0 cm³/mol. The van der Waals surface area contributed by atoms with Crippen molar-refractivity contribution in [3.63, 3.8) is 0 Å². The van der Waals surface area contributed by atoms with Gasteiger partial charge in [0, 0.05) is 36.4 Å². The first-order valence-corrected chi connectivity index (χ1v) is 5.89. The van der Waals surface area contributed by atoms with Gasteiger partial charge in [-0.25, -0.2) is 0 Å². The maximum atomic E-state index is 12.4. The van der Waals surface area contributed by atoms with Crippen LogP contribution in [0.1, 0.15) is 15.9 Å². The van der Waals surface area contributed by atoms with Crippen LogP contribution in [0.5, 0.6) is 0 Å². The van der Waals surface area contributed by atoms with Gasteiger partial charge in [-0.05, 0) is 42.8 Å². The standard InChI is InChI=1S/C14H16N4O/c1-10-9-11(17-15)3-4-13(10)14(19)18(2)12-5-7-16-8-6-12/h3-9,17H,15H2,1-2H3. The van der Waals surface area contributed by atoms with Gasteiger partial charge in [0.05, 0.1) is 0 Å². The summed E-state index contributed by atoms with van der Waals surface area (Å²) in [5.74, 6) is 5.28. The number of aryl methyl sites for hydroxylation is 1. The monoisotopic (exact) mass is 256 g/mol. The Balaban J connectivity index is 2.29. The molecule has 0 aliphatic rings. The number of carbonyl (C=O) groups excluding carboxylic acids is 1. The molecule has 0 aliphatic heterocycles. The van der Waals surface area contributed by atoms with Crippen LogP contribution < -0.4 is 16.2 Å². The van der Waals surface area contributed by atoms with Crippen LogP contribution in [-0.4, -0.2) is 17.9 Å². The number of nitrogens with one attached hydrogen (secondary N) is 1. The summed E-state index contributed by atoms with van der Waals surface area (Å²) in [5, 5.41) is 0. The van der Waals surface area contributed by atoms with E-state index in [0.717, 1.165) is 16.9 Å². The van der Waals surface area contributed by atoms with E-state index in [1.54, 1.807) is 48.6 Å². The van der Waals surface area contributed by atoms with Gasteiger partial charge in [-0.3, -0.25) is 15.6 Å². The fourth-order valence-electron chi connectivity index (χ4n) is 1.86. The molecule has 0 unspecified atom stereocenters. The minimum atomic E-state index is -0.0627. The van der Waals surface area contributed by atoms with Crippen molar-refractivity contribution in [2.45, 2.75) is 6.92 Å². The number of anilines is 2. The molecule has 0 saturated carbocycles. The molecular weight excluding hydrogens is 240 g/mol. The van der Waals surface area contributed by atoms with E-state index in [-0.39, 0.29) is 5.91 Å². The lowest BCUT2D eigenvalue weighted by molar-refractivity contribution is 0.0992. The molecule has 5 nitrogen and oxygen atoms in total. The molecule has 1 amide bonds. The topological polar surface area (TPSA) is 71.2 Å². The smallest absolute Gasteiger partial charge is 0.258 e. The fourth-order valence-corrected chi connectivity index (χ4v) is 1.86. The van der Waals surface area contributed by atoms with E-state index in [1.165, 1.54) is 0 Å². The normalized spacial score (nSPS) is 10.1. The Kier molecular flexibility index (Phi) is 3.77. The molecule has 0 aliphatic carbocycles. The quantitative estimate of drug-likeness (QED) is 0.650. The Labute approximate surface area is 112 Å². The number of nitrogens with zero attached hydrogens (tertiary/aromatic N) is 2. The van der Waals surface area contributed by atoms with E-state index in [0.29, 0.717) is 5.56 Å². The number of hydrogen-bond donors (Lipinski definition) is 2. The Morgan fingerprint density at radius 2 is 1.95 bits per heavy atom. The molecule has 0 atom stereocenters. The van der Waals surface area contributed by atoms with Gasteiger partial charge >= 0.3 is 0 Å². The third-order valence-corrected chi connectivity index (χ3v) is 2.98. The molecule has 0 fully saturated rings. The summed E-state index contributed by atoms with van der Waals surface area (Å²) in [6.45, 7) is 1.88. The maximum absolute atomic E-state index is 12.4. The molecule has 98 valence electrons. The van der Waals surface area contributed by atoms with E-state index >= 15 is 0 Å². The van der Waals surface area contributed by atoms with Crippen LogP contribution in [0.4, 0.5) is 11.4 Å². The first kappa shape index (κ1) is 13.0. The SMILES string of the molecule is Cc1cc(NN)ccc1C(=O)N(C)c1ccncc1. The second kappa shape index (κ2) is 5.49. The molecule has 2 aromatic rings. The Morgan fingerprint density at radius 1 is 1.26 bits per heavy atom. The number of hydrogen-bond acceptors (Lipinski definition) is 4. The summed E-state index contributed by atoms with van der Waals surface area (Å²) in [4.78, 5) is 18.0. The lowest BCUT2D eigenvalue weighted by Crippen LogP contribution is -2.27. The summed E-state index contributed by atoms with van der Waals surface area (Å²) in [7, 11) is 1.74. The number of nitrogens with two attached hydrogens (primary N) is 1. The number of nitrogen functional groups attached to an aromatic ring is 1. The van der Waals surface area contributed by atoms with Gasteiger partial charge in [-0.1, -0.05) is 0 Å². The summed E-state index contributed by atoms with van der Waals surface area (Å²) >= 11 is 0. The van der Waals surface area contributed by atoms with Crippen molar-refractivity contribution < 1.29 is 4.79 Å². The number of benzene rings is 1. The maximum Gasteiger partial charge on any atom is 0.258 e. The Bertz CT molecular complexity index is 583.